The number of esters is 1. The minimum absolute atomic E-state index is 0.0119. The van der Waals surface area contributed by atoms with Gasteiger partial charge in [-0.15, -0.1) is 0 Å². The predicted molar refractivity (Wildman–Crippen MR) is 166 cm³/mol. The van der Waals surface area contributed by atoms with Gasteiger partial charge in [0.1, 0.15) is 0 Å². The zero-order chi connectivity index (χ0) is 33.0. The number of carboxylic acids is 4. The number of hydrogen-bond acceptors (Lipinski definition) is 9. The fraction of sp³-hybridized carbons (Fsp3) is 0.774. The molecule has 0 atom stereocenters. The number of rotatable bonds is 31. The second-order valence-corrected chi connectivity index (χ2v) is 11.1. The first kappa shape index (κ1) is 41.0. The van der Waals surface area contributed by atoms with Crippen molar-refractivity contribution in [3.05, 3.63) is 12.2 Å². The van der Waals surface area contributed by atoms with Crippen LogP contribution in [0.4, 0.5) is 0 Å². The molecule has 13 nitrogen and oxygen atoms in total. The molecular weight excluding hydrogens is 574 g/mol. The van der Waals surface area contributed by atoms with Crippen molar-refractivity contribution in [1.82, 2.24) is 14.7 Å². The van der Waals surface area contributed by atoms with Crippen molar-refractivity contribution in [3.8, 4) is 0 Å². The molecule has 0 fully saturated rings. The molecule has 0 radical (unpaired) electrons. The Morgan fingerprint density at radius 3 is 1.27 bits per heavy atom. The molecule has 0 bridgehead atoms. The van der Waals surface area contributed by atoms with Crippen LogP contribution in [0.3, 0.4) is 0 Å². The molecule has 0 saturated heterocycles. The second-order valence-electron chi connectivity index (χ2n) is 11.1. The van der Waals surface area contributed by atoms with E-state index in [1.54, 1.807) is 4.90 Å². The van der Waals surface area contributed by atoms with E-state index in [0.29, 0.717) is 0 Å². The molecule has 254 valence electrons. The third kappa shape index (κ3) is 27.8. The Morgan fingerprint density at radius 1 is 0.500 bits per heavy atom. The summed E-state index contributed by atoms with van der Waals surface area (Å²) < 4.78 is 5.36. The van der Waals surface area contributed by atoms with Gasteiger partial charge in [-0.3, -0.25) is 38.7 Å². The maximum absolute atomic E-state index is 12.5. The number of nitrogens with zero attached hydrogens (tertiary/aromatic N) is 3. The van der Waals surface area contributed by atoms with E-state index in [1.807, 2.05) is 0 Å². The van der Waals surface area contributed by atoms with E-state index < -0.39 is 56.0 Å². The molecule has 0 aliphatic rings. The summed E-state index contributed by atoms with van der Waals surface area (Å²) in [6.45, 7) is 0.463. The van der Waals surface area contributed by atoms with Crippen LogP contribution >= 0.6 is 0 Å². The second kappa shape index (κ2) is 27.5. The van der Waals surface area contributed by atoms with Crippen LogP contribution in [0.5, 0.6) is 0 Å². The minimum Gasteiger partial charge on any atom is -0.480 e. The lowest BCUT2D eigenvalue weighted by molar-refractivity contribution is -0.147. The quantitative estimate of drug-likeness (QED) is 0.0497. The highest BCUT2D eigenvalue weighted by Gasteiger charge is 2.20. The number of carboxylic acid groups (broad SMARTS) is 4. The van der Waals surface area contributed by atoms with Crippen molar-refractivity contribution in [2.45, 2.75) is 90.4 Å². The van der Waals surface area contributed by atoms with Gasteiger partial charge in [0, 0.05) is 26.2 Å². The Balaban J connectivity index is 4.52. The standard InChI is InChI=1S/C31H55N3O10/c1-2-3-4-5-6-7-8-9-10-11-12-13-14-15-16-21-44-31(43)26-32(17-19-33(22-27(35)36)23-28(37)38)18-20-34(24-29(39)40)25-30(41)42/h9-10H,2-8,11-26H2,1H3,(H,35,36)(H,37,38)(H,39,40)(H,41,42)/b10-9-. The molecular formula is C31H55N3O10. The first-order valence-corrected chi connectivity index (χ1v) is 15.9. The molecule has 0 spiro atoms. The van der Waals surface area contributed by atoms with Crippen molar-refractivity contribution < 1.29 is 49.1 Å². The van der Waals surface area contributed by atoms with Gasteiger partial charge in [-0.1, -0.05) is 70.4 Å². The highest BCUT2D eigenvalue weighted by atomic mass is 16.5. The Labute approximate surface area is 261 Å². The number of aliphatic carboxylic acids is 4. The fourth-order valence-electron chi connectivity index (χ4n) is 4.62. The van der Waals surface area contributed by atoms with Crippen molar-refractivity contribution in [1.29, 1.82) is 0 Å². The van der Waals surface area contributed by atoms with Crippen LogP contribution in [-0.4, -0.2) is 130 Å². The summed E-state index contributed by atoms with van der Waals surface area (Å²) in [5, 5.41) is 36.3. The molecule has 4 N–H and O–H groups in total. The Morgan fingerprint density at radius 2 is 0.864 bits per heavy atom. The molecule has 0 aromatic heterocycles. The molecule has 0 heterocycles. The van der Waals surface area contributed by atoms with Gasteiger partial charge in [-0.25, -0.2) is 0 Å². The van der Waals surface area contributed by atoms with E-state index >= 15 is 0 Å². The lowest BCUT2D eigenvalue weighted by atomic mass is 10.1. The number of carbonyl (C=O) groups is 5. The topological polar surface area (TPSA) is 185 Å². The van der Waals surface area contributed by atoms with Gasteiger partial charge < -0.3 is 25.2 Å². The zero-order valence-electron chi connectivity index (χ0n) is 26.5. The molecule has 0 unspecified atom stereocenters. The van der Waals surface area contributed by atoms with Crippen LogP contribution in [0.15, 0.2) is 12.2 Å². The van der Waals surface area contributed by atoms with Crippen molar-refractivity contribution in [3.63, 3.8) is 0 Å². The number of unbranched alkanes of at least 4 members (excludes halogenated alkanes) is 11. The maximum Gasteiger partial charge on any atom is 0.320 e. The molecule has 0 aliphatic carbocycles. The molecule has 0 aromatic carbocycles. The van der Waals surface area contributed by atoms with Crippen molar-refractivity contribution in [2.75, 3.05) is 65.5 Å². The van der Waals surface area contributed by atoms with Crippen LogP contribution in [0.2, 0.25) is 0 Å². The summed E-state index contributed by atoms with van der Waals surface area (Å²) in [5.41, 5.74) is 0. The van der Waals surface area contributed by atoms with E-state index in [-0.39, 0.29) is 39.3 Å². The van der Waals surface area contributed by atoms with E-state index in [2.05, 4.69) is 19.1 Å². The smallest absolute Gasteiger partial charge is 0.320 e. The molecule has 0 aliphatic heterocycles. The molecule has 13 heteroatoms. The van der Waals surface area contributed by atoms with Gasteiger partial charge in [0.05, 0.1) is 39.3 Å². The Bertz CT molecular complexity index is 781. The zero-order valence-corrected chi connectivity index (χ0v) is 26.5. The minimum atomic E-state index is -1.20. The maximum atomic E-state index is 12.5. The average Bonchev–Trinajstić information content (AvgIpc) is 2.92. The van der Waals surface area contributed by atoms with Gasteiger partial charge in [0.15, 0.2) is 0 Å². The summed E-state index contributed by atoms with van der Waals surface area (Å²) in [6, 6.07) is 0. The van der Waals surface area contributed by atoms with Crippen molar-refractivity contribution >= 4 is 29.8 Å². The number of ether oxygens (including phenoxy) is 1. The van der Waals surface area contributed by atoms with E-state index in [0.717, 1.165) is 44.9 Å². The normalized spacial score (nSPS) is 11.5. The number of hydrogen-bond donors (Lipinski definition) is 4. The van der Waals surface area contributed by atoms with Gasteiger partial charge in [-0.05, 0) is 32.1 Å². The Kier molecular flexibility index (Phi) is 25.6. The molecule has 44 heavy (non-hydrogen) atoms. The number of carbonyl (C=O) groups excluding carboxylic acids is 1. The van der Waals surface area contributed by atoms with Crippen LogP contribution in [0.25, 0.3) is 0 Å². The van der Waals surface area contributed by atoms with E-state index in [1.165, 1.54) is 48.3 Å². The average molecular weight is 630 g/mol. The van der Waals surface area contributed by atoms with E-state index in [4.69, 9.17) is 25.2 Å². The largest absolute Gasteiger partial charge is 0.480 e. The lowest BCUT2D eigenvalue weighted by Crippen LogP contribution is -2.45. The molecule has 0 aromatic rings. The van der Waals surface area contributed by atoms with E-state index in [9.17, 15) is 24.0 Å². The summed E-state index contributed by atoms with van der Waals surface area (Å²) >= 11 is 0. The highest BCUT2D eigenvalue weighted by molar-refractivity contribution is 5.73. The summed E-state index contributed by atoms with van der Waals surface area (Å²) in [5.74, 6) is -5.33. The predicted octanol–water partition coefficient (Wildman–Crippen LogP) is 3.42. The van der Waals surface area contributed by atoms with Crippen LogP contribution in [0, 0.1) is 0 Å². The van der Waals surface area contributed by atoms with Crippen LogP contribution in [0.1, 0.15) is 90.4 Å². The molecule has 0 rings (SSSR count). The third-order valence-corrected chi connectivity index (χ3v) is 6.92. The fourth-order valence-corrected chi connectivity index (χ4v) is 4.62. The highest BCUT2D eigenvalue weighted by Crippen LogP contribution is 2.09. The first-order valence-electron chi connectivity index (χ1n) is 15.9. The SMILES string of the molecule is CCCCCCCC/C=C\CCCCCCCOC(=O)CN(CCN(CC(=O)O)CC(=O)O)CCN(CC(=O)O)CC(=O)O. The first-order chi connectivity index (χ1) is 21.0. The van der Waals surface area contributed by atoms with Gasteiger partial charge in [0.2, 0.25) is 0 Å². The van der Waals surface area contributed by atoms with Crippen LogP contribution in [-0.2, 0) is 28.7 Å². The van der Waals surface area contributed by atoms with Crippen molar-refractivity contribution in [2.24, 2.45) is 0 Å². The third-order valence-electron chi connectivity index (χ3n) is 6.92. The van der Waals surface area contributed by atoms with Gasteiger partial charge in [-0.2, -0.15) is 0 Å². The monoisotopic (exact) mass is 629 g/mol. The molecule has 0 saturated carbocycles. The number of allylic oxidation sites excluding steroid dienone is 2. The van der Waals surface area contributed by atoms with Crippen LogP contribution < -0.4 is 0 Å². The summed E-state index contributed by atoms with van der Waals surface area (Å²) in [4.78, 5) is 61.0. The summed E-state index contributed by atoms with van der Waals surface area (Å²) in [6.07, 6.45) is 19.6. The Hall–Kier alpha value is -3.03. The van der Waals surface area contributed by atoms with Gasteiger partial charge in [0.25, 0.3) is 0 Å². The van der Waals surface area contributed by atoms with Gasteiger partial charge >= 0.3 is 29.8 Å². The summed E-state index contributed by atoms with van der Waals surface area (Å²) in [7, 11) is 0. The lowest BCUT2D eigenvalue weighted by Gasteiger charge is -2.27. The molecule has 0 amide bonds.